The van der Waals surface area contributed by atoms with E-state index in [1.165, 1.54) is 0 Å². The molecule has 0 radical (unpaired) electrons. The molecule has 0 aromatic carbocycles. The first kappa shape index (κ1) is 15.8. The first-order chi connectivity index (χ1) is 5.23. The van der Waals surface area contributed by atoms with E-state index in [1.807, 2.05) is 0 Å². The van der Waals surface area contributed by atoms with Crippen LogP contribution in [0.1, 0.15) is 6.42 Å². The van der Waals surface area contributed by atoms with Crippen molar-refractivity contribution in [2.75, 3.05) is 6.61 Å². The van der Waals surface area contributed by atoms with Crippen LogP contribution >= 0.6 is 24.0 Å². The van der Waals surface area contributed by atoms with Crippen LogP contribution in [0.2, 0.25) is 0 Å². The number of alkyl halides is 3. The zero-order chi connectivity index (χ0) is 9.99. The molecular weight excluding hydrogens is 328 g/mol. The normalized spacial score (nSPS) is 14.8. The van der Waals surface area contributed by atoms with Crippen LogP contribution in [0.25, 0.3) is 0 Å². The van der Waals surface area contributed by atoms with E-state index in [1.54, 1.807) is 0 Å². The van der Waals surface area contributed by atoms with Gasteiger partial charge in [0.15, 0.2) is 6.17 Å². The molecule has 2 N–H and O–H groups in total. The summed E-state index contributed by atoms with van der Waals surface area (Å²) < 4.78 is 64.2. The molecule has 0 aliphatic carbocycles. The molecule has 0 aromatic rings. The van der Waals surface area contributed by atoms with Crippen LogP contribution in [0.15, 0.2) is 0 Å². The van der Waals surface area contributed by atoms with Gasteiger partial charge in [0.25, 0.3) is 0 Å². The molecule has 0 amide bonds. The third kappa shape index (κ3) is 3.95. The third-order valence-electron chi connectivity index (χ3n) is 1.09. The lowest BCUT2D eigenvalue weighted by atomic mass is 10.3. The number of aliphatic hydroxyl groups excluding tert-OH is 1. The number of rotatable bonds is 4. The summed E-state index contributed by atoms with van der Waals surface area (Å²) >= 11 is 0. The topological polar surface area (TPSA) is 74.6 Å². The highest BCUT2D eigenvalue weighted by Crippen LogP contribution is 2.28. The minimum Gasteiger partial charge on any atom is -0.396 e. The second-order valence-electron chi connectivity index (χ2n) is 2.02. The predicted molar refractivity (Wildman–Crippen MR) is 48.5 cm³/mol. The smallest absolute Gasteiger partial charge is 0.396 e. The molecular formula is C4H8F3IO4S. The lowest BCUT2D eigenvalue weighted by Crippen LogP contribution is -2.38. The summed E-state index contributed by atoms with van der Waals surface area (Å²) in [6, 6.07) is 0. The maximum Gasteiger partial charge on any atom is 0.400 e. The van der Waals surface area contributed by atoms with Crippen molar-refractivity contribution in [3.05, 3.63) is 0 Å². The van der Waals surface area contributed by atoms with Crippen LogP contribution in [0.3, 0.4) is 0 Å². The Kier molecular flexibility index (Phi) is 6.48. The molecule has 0 aliphatic heterocycles. The number of halogens is 4. The van der Waals surface area contributed by atoms with Crippen LogP contribution in [0.4, 0.5) is 13.2 Å². The minimum absolute atomic E-state index is 0. The molecule has 0 bridgehead atoms. The van der Waals surface area contributed by atoms with Gasteiger partial charge in [0.05, 0.1) is 0 Å². The average Bonchev–Trinajstić information content (AvgIpc) is 1.85. The zero-order valence-corrected chi connectivity index (χ0v) is 9.30. The van der Waals surface area contributed by atoms with Crippen molar-refractivity contribution < 1.29 is 31.2 Å². The van der Waals surface area contributed by atoms with E-state index in [9.17, 15) is 21.6 Å². The second-order valence-corrected chi connectivity index (χ2v) is 3.51. The molecule has 0 aliphatic rings. The molecule has 0 fully saturated rings. The van der Waals surface area contributed by atoms with Gasteiger partial charge in [0.1, 0.15) is 0 Å². The molecule has 0 saturated carbocycles. The van der Waals surface area contributed by atoms with Gasteiger partial charge in [-0.25, -0.2) is 4.39 Å². The molecule has 0 aromatic heterocycles. The fourth-order valence-corrected chi connectivity index (χ4v) is 0.884. The number of hydrogen-bond donors (Lipinski definition) is 2. The second kappa shape index (κ2) is 5.32. The zero-order valence-electron chi connectivity index (χ0n) is 6.15. The highest BCUT2D eigenvalue weighted by molar-refractivity contribution is 14.0. The van der Waals surface area contributed by atoms with Crippen LogP contribution in [-0.2, 0) is 10.1 Å². The summed E-state index contributed by atoms with van der Waals surface area (Å²) in [7, 11) is -5.74. The average molecular weight is 336 g/mol. The summed E-state index contributed by atoms with van der Waals surface area (Å²) in [6.45, 7) is -0.924. The predicted octanol–water partition coefficient (Wildman–Crippen LogP) is 0.806. The van der Waals surface area contributed by atoms with Crippen LogP contribution in [0.5, 0.6) is 0 Å². The molecule has 0 saturated heterocycles. The Morgan fingerprint density at radius 3 is 2.00 bits per heavy atom. The quantitative estimate of drug-likeness (QED) is 0.589. The summed E-state index contributed by atoms with van der Waals surface area (Å²) in [6.07, 6.45) is -4.15. The molecule has 4 nitrogen and oxygen atoms in total. The first-order valence-corrected chi connectivity index (χ1v) is 4.27. The summed E-state index contributed by atoms with van der Waals surface area (Å²) in [5.74, 6) is 0. The Labute approximate surface area is 89.9 Å². The molecule has 0 rings (SSSR count). The fourth-order valence-electron chi connectivity index (χ4n) is 0.443. The summed E-state index contributed by atoms with van der Waals surface area (Å²) in [4.78, 5) is 0. The van der Waals surface area contributed by atoms with Gasteiger partial charge in [-0.2, -0.15) is 17.2 Å². The van der Waals surface area contributed by atoms with Gasteiger partial charge in [0.2, 0.25) is 0 Å². The van der Waals surface area contributed by atoms with Crippen LogP contribution in [-0.4, -0.2) is 36.1 Å². The molecule has 9 heteroatoms. The molecule has 1 unspecified atom stereocenters. The Morgan fingerprint density at radius 1 is 1.38 bits per heavy atom. The van der Waals surface area contributed by atoms with E-state index >= 15 is 0 Å². The largest absolute Gasteiger partial charge is 0.400 e. The highest BCUT2D eigenvalue weighted by atomic mass is 127. The molecule has 13 heavy (non-hydrogen) atoms. The van der Waals surface area contributed by atoms with Crippen molar-refractivity contribution in [3.63, 3.8) is 0 Å². The minimum atomic E-state index is -5.74. The van der Waals surface area contributed by atoms with E-state index in [2.05, 4.69) is 0 Å². The van der Waals surface area contributed by atoms with Crippen molar-refractivity contribution in [2.45, 2.75) is 17.8 Å². The molecule has 1 atom stereocenters. The standard InChI is InChI=1S/C4H7F3O4S.HI/c5-3(1-2-8)4(6,7)12(9,10)11;/h3,8H,1-2H2,(H,9,10,11);1H. The van der Waals surface area contributed by atoms with Gasteiger partial charge in [0, 0.05) is 13.0 Å². The molecule has 82 valence electrons. The molecule has 0 spiro atoms. The fraction of sp³-hybridized carbons (Fsp3) is 1.00. The van der Waals surface area contributed by atoms with Crippen molar-refractivity contribution in [1.29, 1.82) is 0 Å². The maximum atomic E-state index is 12.2. The number of aliphatic hydroxyl groups is 1. The van der Waals surface area contributed by atoms with E-state index < -0.39 is 34.6 Å². The Hall–Kier alpha value is 0.390. The van der Waals surface area contributed by atoms with Crippen molar-refractivity contribution in [3.8, 4) is 0 Å². The van der Waals surface area contributed by atoms with Crippen molar-refractivity contribution in [1.82, 2.24) is 0 Å². The summed E-state index contributed by atoms with van der Waals surface area (Å²) in [5.41, 5.74) is 0. The summed E-state index contributed by atoms with van der Waals surface area (Å²) in [5, 5.41) is 3.16. The monoisotopic (exact) mass is 336 g/mol. The van der Waals surface area contributed by atoms with Gasteiger partial charge in [-0.3, -0.25) is 4.55 Å². The third-order valence-corrected chi connectivity index (χ3v) is 2.03. The van der Waals surface area contributed by atoms with Gasteiger partial charge < -0.3 is 5.11 Å². The van der Waals surface area contributed by atoms with Crippen molar-refractivity contribution in [2.24, 2.45) is 0 Å². The van der Waals surface area contributed by atoms with Gasteiger partial charge in [-0.1, -0.05) is 0 Å². The van der Waals surface area contributed by atoms with Crippen molar-refractivity contribution >= 4 is 34.1 Å². The van der Waals surface area contributed by atoms with E-state index in [4.69, 9.17) is 9.66 Å². The van der Waals surface area contributed by atoms with Gasteiger partial charge in [-0.05, 0) is 0 Å². The lowest BCUT2D eigenvalue weighted by molar-refractivity contribution is -0.0124. The van der Waals surface area contributed by atoms with Crippen LogP contribution in [0, 0.1) is 0 Å². The van der Waals surface area contributed by atoms with E-state index in [-0.39, 0.29) is 24.0 Å². The maximum absolute atomic E-state index is 12.2. The Balaban J connectivity index is 0. The van der Waals surface area contributed by atoms with E-state index in [0.717, 1.165) is 0 Å². The molecule has 0 heterocycles. The Bertz CT molecular complexity index is 242. The lowest BCUT2D eigenvalue weighted by Gasteiger charge is -2.15. The van der Waals surface area contributed by atoms with Gasteiger partial charge >= 0.3 is 15.4 Å². The number of hydrogen-bond acceptors (Lipinski definition) is 3. The SMILES string of the molecule is I.O=S(=O)(O)C(F)(F)C(F)CCO. The first-order valence-electron chi connectivity index (χ1n) is 2.83. The Morgan fingerprint density at radius 2 is 1.77 bits per heavy atom. The van der Waals surface area contributed by atoms with Gasteiger partial charge in [-0.15, -0.1) is 24.0 Å². The highest BCUT2D eigenvalue weighted by Gasteiger charge is 2.52. The van der Waals surface area contributed by atoms with Crippen LogP contribution < -0.4 is 0 Å². The van der Waals surface area contributed by atoms with E-state index in [0.29, 0.717) is 0 Å².